The summed E-state index contributed by atoms with van der Waals surface area (Å²) < 4.78 is 33.1. The highest BCUT2D eigenvalue weighted by molar-refractivity contribution is 7.89. The number of carbonyl (C=O) groups excluding carboxylic acids is 1. The molecule has 1 heterocycles. The first-order valence-electron chi connectivity index (χ1n) is 10.1. The number of sulfonamides is 1. The van der Waals surface area contributed by atoms with E-state index in [2.05, 4.69) is 5.32 Å². The van der Waals surface area contributed by atoms with Crippen molar-refractivity contribution in [1.29, 1.82) is 0 Å². The molecule has 0 spiro atoms. The van der Waals surface area contributed by atoms with Crippen LogP contribution in [0.25, 0.3) is 0 Å². The summed E-state index contributed by atoms with van der Waals surface area (Å²) in [5.41, 5.74) is 1.05. The number of nitrogens with one attached hydrogen (secondary N) is 1. The molecule has 156 valence electrons. The minimum absolute atomic E-state index is 0.0628. The number of benzene rings is 2. The van der Waals surface area contributed by atoms with Crippen LogP contribution in [0.2, 0.25) is 0 Å². The monoisotopic (exact) mass is 416 g/mol. The van der Waals surface area contributed by atoms with Gasteiger partial charge in [-0.2, -0.15) is 4.31 Å². The van der Waals surface area contributed by atoms with E-state index in [-0.39, 0.29) is 16.8 Å². The fraction of sp³-hybridized carbons (Fsp3) is 0.409. The van der Waals surface area contributed by atoms with Crippen LogP contribution in [0.15, 0.2) is 53.4 Å². The summed E-state index contributed by atoms with van der Waals surface area (Å²) in [6.45, 7) is 5.06. The van der Waals surface area contributed by atoms with Crippen LogP contribution in [0.5, 0.6) is 5.75 Å². The van der Waals surface area contributed by atoms with Gasteiger partial charge < -0.3 is 10.1 Å². The maximum atomic E-state index is 13.0. The van der Waals surface area contributed by atoms with E-state index in [9.17, 15) is 13.2 Å². The molecule has 29 heavy (non-hydrogen) atoms. The Morgan fingerprint density at radius 2 is 1.76 bits per heavy atom. The number of hydrogen-bond acceptors (Lipinski definition) is 4. The van der Waals surface area contributed by atoms with Crippen molar-refractivity contribution in [1.82, 2.24) is 4.31 Å². The van der Waals surface area contributed by atoms with Gasteiger partial charge in [0.05, 0.1) is 11.5 Å². The van der Waals surface area contributed by atoms with E-state index >= 15 is 0 Å². The molecule has 0 bridgehead atoms. The molecule has 0 radical (unpaired) electrons. The average Bonchev–Trinajstić information content (AvgIpc) is 2.75. The Morgan fingerprint density at radius 1 is 1.07 bits per heavy atom. The van der Waals surface area contributed by atoms with Crippen molar-refractivity contribution in [2.75, 3.05) is 18.5 Å². The first kappa shape index (κ1) is 21.3. The van der Waals surface area contributed by atoms with Gasteiger partial charge in [0.1, 0.15) is 5.75 Å². The quantitative estimate of drug-likeness (QED) is 0.730. The van der Waals surface area contributed by atoms with Crippen LogP contribution >= 0.6 is 0 Å². The highest BCUT2D eigenvalue weighted by Gasteiger charge is 2.32. The second-order valence-corrected chi connectivity index (χ2v) is 9.00. The molecule has 0 saturated carbocycles. The first-order valence-corrected chi connectivity index (χ1v) is 11.6. The molecule has 3 rings (SSSR count). The Labute approximate surface area is 172 Å². The van der Waals surface area contributed by atoms with Gasteiger partial charge in [-0.3, -0.25) is 4.79 Å². The fourth-order valence-electron chi connectivity index (χ4n) is 3.62. The van der Waals surface area contributed by atoms with E-state index in [4.69, 9.17) is 4.74 Å². The molecular formula is C22H28N2O4S. The molecule has 7 heteroatoms. The second kappa shape index (κ2) is 9.41. The van der Waals surface area contributed by atoms with Crippen LogP contribution in [0.3, 0.4) is 0 Å². The number of hydrogen-bond donors (Lipinski definition) is 1. The molecule has 1 N–H and O–H groups in total. The highest BCUT2D eigenvalue weighted by Crippen LogP contribution is 2.27. The van der Waals surface area contributed by atoms with E-state index in [0.717, 1.165) is 25.7 Å². The Balaban J connectivity index is 1.70. The summed E-state index contributed by atoms with van der Waals surface area (Å²) in [4.78, 5) is 12.7. The number of nitrogens with zero attached hydrogens (tertiary/aromatic N) is 1. The molecule has 1 saturated heterocycles. The second-order valence-electron chi connectivity index (χ2n) is 7.11. The molecular weight excluding hydrogens is 388 g/mol. The van der Waals surface area contributed by atoms with Gasteiger partial charge >= 0.3 is 0 Å². The van der Waals surface area contributed by atoms with Gasteiger partial charge in [0.25, 0.3) is 5.91 Å². The summed E-state index contributed by atoms with van der Waals surface area (Å²) in [6.07, 6.45) is 3.69. The van der Waals surface area contributed by atoms with Crippen LogP contribution in [-0.2, 0) is 10.0 Å². The van der Waals surface area contributed by atoms with Crippen LogP contribution in [-0.4, -0.2) is 37.8 Å². The van der Waals surface area contributed by atoms with E-state index in [0.29, 0.717) is 30.2 Å². The van der Waals surface area contributed by atoms with Gasteiger partial charge in [0, 0.05) is 23.8 Å². The van der Waals surface area contributed by atoms with Crippen LogP contribution in [0.4, 0.5) is 5.69 Å². The van der Waals surface area contributed by atoms with Crippen molar-refractivity contribution in [3.63, 3.8) is 0 Å². The van der Waals surface area contributed by atoms with Crippen molar-refractivity contribution < 1.29 is 17.9 Å². The standard InChI is InChI=1S/C22H28N2O4S/c1-3-19-7-5-6-16-24(19)29(26,27)21-14-10-18(11-15-21)23-22(25)17-8-12-20(13-9-17)28-4-2/h8-15,19H,3-7,16H2,1-2H3,(H,23,25). The predicted octanol–water partition coefficient (Wildman–Crippen LogP) is 4.29. The van der Waals surface area contributed by atoms with Crippen LogP contribution < -0.4 is 10.1 Å². The van der Waals surface area contributed by atoms with Crippen molar-refractivity contribution in [2.45, 2.75) is 50.5 Å². The lowest BCUT2D eigenvalue weighted by atomic mass is 10.0. The normalized spacial score (nSPS) is 17.7. The maximum Gasteiger partial charge on any atom is 0.255 e. The maximum absolute atomic E-state index is 13.0. The van der Waals surface area contributed by atoms with Gasteiger partial charge in [0.2, 0.25) is 10.0 Å². The number of piperidine rings is 1. The Hall–Kier alpha value is -2.38. The molecule has 1 unspecified atom stereocenters. The summed E-state index contributed by atoms with van der Waals surface area (Å²) in [5.74, 6) is 0.451. The SMILES string of the molecule is CCOc1ccc(C(=O)Nc2ccc(S(=O)(=O)N3CCCCC3CC)cc2)cc1. The summed E-state index contributed by atoms with van der Waals surface area (Å²) in [7, 11) is -3.52. The highest BCUT2D eigenvalue weighted by atomic mass is 32.2. The number of anilines is 1. The number of ether oxygens (including phenoxy) is 1. The fourth-order valence-corrected chi connectivity index (χ4v) is 5.38. The molecule has 0 aromatic heterocycles. The zero-order valence-corrected chi connectivity index (χ0v) is 17.7. The Bertz CT molecular complexity index is 924. The molecule has 2 aromatic rings. The number of carbonyl (C=O) groups is 1. The third-order valence-electron chi connectivity index (χ3n) is 5.19. The molecule has 1 aliphatic heterocycles. The molecule has 2 aromatic carbocycles. The molecule has 1 aliphatic rings. The van der Waals surface area contributed by atoms with E-state index in [1.165, 1.54) is 0 Å². The smallest absolute Gasteiger partial charge is 0.255 e. The lowest BCUT2D eigenvalue weighted by Crippen LogP contribution is -2.43. The third kappa shape index (κ3) is 4.97. The lowest BCUT2D eigenvalue weighted by molar-refractivity contribution is 0.102. The summed E-state index contributed by atoms with van der Waals surface area (Å²) in [5, 5.41) is 2.80. The zero-order valence-electron chi connectivity index (χ0n) is 16.9. The largest absolute Gasteiger partial charge is 0.494 e. The van der Waals surface area contributed by atoms with E-state index < -0.39 is 10.0 Å². The molecule has 6 nitrogen and oxygen atoms in total. The minimum Gasteiger partial charge on any atom is -0.494 e. The molecule has 1 fully saturated rings. The van der Waals surface area contributed by atoms with Crippen LogP contribution in [0.1, 0.15) is 49.9 Å². The van der Waals surface area contributed by atoms with E-state index in [1.54, 1.807) is 52.8 Å². The van der Waals surface area contributed by atoms with Crippen molar-refractivity contribution >= 4 is 21.6 Å². The van der Waals surface area contributed by atoms with Crippen LogP contribution in [0, 0.1) is 0 Å². The minimum atomic E-state index is -3.52. The van der Waals surface area contributed by atoms with Gasteiger partial charge in [0.15, 0.2) is 0 Å². The molecule has 0 aliphatic carbocycles. The first-order chi connectivity index (χ1) is 14.0. The van der Waals surface area contributed by atoms with Crippen molar-refractivity contribution in [2.24, 2.45) is 0 Å². The molecule has 1 atom stereocenters. The Kier molecular flexibility index (Phi) is 6.92. The zero-order chi connectivity index (χ0) is 20.9. The molecule has 1 amide bonds. The Morgan fingerprint density at radius 3 is 2.38 bits per heavy atom. The third-order valence-corrected chi connectivity index (χ3v) is 7.16. The number of amides is 1. The summed E-state index contributed by atoms with van der Waals surface area (Å²) in [6, 6.07) is 13.3. The summed E-state index contributed by atoms with van der Waals surface area (Å²) >= 11 is 0. The van der Waals surface area contributed by atoms with Gasteiger partial charge in [-0.25, -0.2) is 8.42 Å². The average molecular weight is 417 g/mol. The van der Waals surface area contributed by atoms with Gasteiger partial charge in [-0.1, -0.05) is 13.3 Å². The lowest BCUT2D eigenvalue weighted by Gasteiger charge is -2.34. The number of rotatable bonds is 7. The van der Waals surface area contributed by atoms with Gasteiger partial charge in [-0.05, 0) is 74.7 Å². The topological polar surface area (TPSA) is 75.7 Å². The van der Waals surface area contributed by atoms with E-state index in [1.807, 2.05) is 13.8 Å². The van der Waals surface area contributed by atoms with Crippen molar-refractivity contribution in [3.8, 4) is 5.75 Å². The van der Waals surface area contributed by atoms with Crippen molar-refractivity contribution in [3.05, 3.63) is 54.1 Å². The predicted molar refractivity (Wildman–Crippen MR) is 114 cm³/mol. The van der Waals surface area contributed by atoms with Gasteiger partial charge in [-0.15, -0.1) is 0 Å².